The number of rotatable bonds is 4. The zero-order valence-electron chi connectivity index (χ0n) is 14.3. The van der Waals surface area contributed by atoms with Crippen LogP contribution in [-0.4, -0.2) is 32.2 Å². The van der Waals surface area contributed by atoms with E-state index in [9.17, 15) is 14.4 Å². The maximum atomic E-state index is 11.9. The molecule has 2 aromatic carbocycles. The van der Waals surface area contributed by atoms with Crippen LogP contribution < -0.4 is 10.6 Å². The second kappa shape index (κ2) is 7.26. The van der Waals surface area contributed by atoms with Crippen LogP contribution in [0.1, 0.15) is 43.9 Å². The standard InChI is InChI=1S/C19H18N2O5/c1-25-17(22)13-7-3-11(4-8-13)15-16(21-19(24)20-15)12-5-9-14(10-6-12)18(23)26-2/h3-10,15-16H,1-2H3,(H2,20,21,24)/t15-,16-/m1/s1. The highest BCUT2D eigenvalue weighted by atomic mass is 16.5. The maximum Gasteiger partial charge on any atom is 0.337 e. The van der Waals surface area contributed by atoms with Crippen molar-refractivity contribution < 1.29 is 23.9 Å². The molecule has 1 aliphatic rings. The Morgan fingerprint density at radius 3 is 1.38 bits per heavy atom. The van der Waals surface area contributed by atoms with E-state index >= 15 is 0 Å². The fraction of sp³-hybridized carbons (Fsp3) is 0.211. The number of benzene rings is 2. The molecule has 2 atom stereocenters. The molecular formula is C19H18N2O5. The molecule has 0 saturated carbocycles. The second-order valence-electron chi connectivity index (χ2n) is 5.80. The summed E-state index contributed by atoms with van der Waals surface area (Å²) in [5.74, 6) is -0.833. The van der Waals surface area contributed by atoms with Crippen molar-refractivity contribution in [3.05, 3.63) is 70.8 Å². The largest absolute Gasteiger partial charge is 0.465 e. The summed E-state index contributed by atoms with van der Waals surface area (Å²) >= 11 is 0. The molecule has 0 aromatic heterocycles. The van der Waals surface area contributed by atoms with Gasteiger partial charge in [0.05, 0.1) is 37.4 Å². The van der Waals surface area contributed by atoms with Gasteiger partial charge < -0.3 is 20.1 Å². The normalized spacial score (nSPS) is 18.6. The summed E-state index contributed by atoms with van der Waals surface area (Å²) in [6, 6.07) is 12.8. The Balaban J connectivity index is 1.85. The van der Waals surface area contributed by atoms with Gasteiger partial charge in [0.15, 0.2) is 0 Å². The smallest absolute Gasteiger partial charge is 0.337 e. The van der Waals surface area contributed by atoms with Crippen LogP contribution in [0.4, 0.5) is 4.79 Å². The Kier molecular flexibility index (Phi) is 4.88. The number of esters is 2. The van der Waals surface area contributed by atoms with Crippen LogP contribution in [0, 0.1) is 0 Å². The van der Waals surface area contributed by atoms with Crippen molar-refractivity contribution in [2.75, 3.05) is 14.2 Å². The van der Waals surface area contributed by atoms with Gasteiger partial charge in [0, 0.05) is 0 Å². The van der Waals surface area contributed by atoms with Crippen molar-refractivity contribution >= 4 is 18.0 Å². The van der Waals surface area contributed by atoms with E-state index in [4.69, 9.17) is 9.47 Å². The van der Waals surface area contributed by atoms with E-state index in [1.54, 1.807) is 48.5 Å². The van der Waals surface area contributed by atoms with Gasteiger partial charge in [-0.3, -0.25) is 0 Å². The molecule has 0 unspecified atom stereocenters. The molecule has 26 heavy (non-hydrogen) atoms. The first-order valence-electron chi connectivity index (χ1n) is 7.97. The van der Waals surface area contributed by atoms with Crippen LogP contribution in [0.2, 0.25) is 0 Å². The summed E-state index contributed by atoms with van der Waals surface area (Å²) in [6.07, 6.45) is 0. The van der Waals surface area contributed by atoms with Gasteiger partial charge in [-0.15, -0.1) is 0 Å². The first-order valence-corrected chi connectivity index (χ1v) is 7.97. The summed E-state index contributed by atoms with van der Waals surface area (Å²) in [6.45, 7) is 0. The predicted molar refractivity (Wildman–Crippen MR) is 92.7 cm³/mol. The third kappa shape index (κ3) is 3.37. The van der Waals surface area contributed by atoms with E-state index < -0.39 is 11.9 Å². The van der Waals surface area contributed by atoms with Gasteiger partial charge in [0.25, 0.3) is 0 Å². The topological polar surface area (TPSA) is 93.7 Å². The van der Waals surface area contributed by atoms with Crippen molar-refractivity contribution in [3.8, 4) is 0 Å². The van der Waals surface area contributed by atoms with Crippen molar-refractivity contribution in [2.24, 2.45) is 0 Å². The fourth-order valence-corrected chi connectivity index (χ4v) is 2.93. The van der Waals surface area contributed by atoms with Crippen molar-refractivity contribution in [1.29, 1.82) is 0 Å². The lowest BCUT2D eigenvalue weighted by molar-refractivity contribution is 0.0592. The molecule has 1 fully saturated rings. The second-order valence-corrected chi connectivity index (χ2v) is 5.80. The van der Waals surface area contributed by atoms with Crippen molar-refractivity contribution in [2.45, 2.75) is 12.1 Å². The predicted octanol–water partition coefficient (Wildman–Crippen LogP) is 2.36. The minimum Gasteiger partial charge on any atom is -0.465 e. The molecule has 2 amide bonds. The molecule has 2 aromatic rings. The van der Waals surface area contributed by atoms with Crippen molar-refractivity contribution in [1.82, 2.24) is 10.6 Å². The number of urea groups is 1. The van der Waals surface area contributed by atoms with E-state index in [1.165, 1.54) is 14.2 Å². The molecule has 3 rings (SSSR count). The molecule has 0 radical (unpaired) electrons. The maximum absolute atomic E-state index is 11.9. The number of methoxy groups -OCH3 is 2. The summed E-state index contributed by atoms with van der Waals surface area (Å²) in [5, 5.41) is 5.74. The average Bonchev–Trinajstić information content (AvgIpc) is 3.08. The monoisotopic (exact) mass is 354 g/mol. The van der Waals surface area contributed by atoms with Gasteiger partial charge in [-0.1, -0.05) is 24.3 Å². The third-order valence-corrected chi connectivity index (χ3v) is 4.29. The fourth-order valence-electron chi connectivity index (χ4n) is 2.93. The van der Waals surface area contributed by atoms with Gasteiger partial charge in [-0.25, -0.2) is 14.4 Å². The molecule has 1 saturated heterocycles. The van der Waals surface area contributed by atoms with Crippen LogP contribution in [0.3, 0.4) is 0 Å². The first-order chi connectivity index (χ1) is 12.5. The third-order valence-electron chi connectivity index (χ3n) is 4.29. The number of amides is 2. The highest BCUT2D eigenvalue weighted by molar-refractivity contribution is 5.90. The Bertz CT molecular complexity index is 761. The number of hydrogen-bond acceptors (Lipinski definition) is 5. The number of ether oxygens (including phenoxy) is 2. The van der Waals surface area contributed by atoms with Gasteiger partial charge in [-0.05, 0) is 35.4 Å². The average molecular weight is 354 g/mol. The summed E-state index contributed by atoms with van der Waals surface area (Å²) < 4.78 is 9.38. The molecule has 134 valence electrons. The lowest BCUT2D eigenvalue weighted by Gasteiger charge is -2.19. The van der Waals surface area contributed by atoms with Gasteiger partial charge in [0.1, 0.15) is 0 Å². The molecule has 0 spiro atoms. The summed E-state index contributed by atoms with van der Waals surface area (Å²) in [7, 11) is 2.65. The lowest BCUT2D eigenvalue weighted by Crippen LogP contribution is -2.22. The van der Waals surface area contributed by atoms with Crippen LogP contribution in [0.15, 0.2) is 48.5 Å². The highest BCUT2D eigenvalue weighted by Crippen LogP contribution is 2.32. The Hall–Kier alpha value is -3.35. The summed E-state index contributed by atoms with van der Waals surface area (Å²) in [4.78, 5) is 35.0. The zero-order valence-corrected chi connectivity index (χ0v) is 14.3. The van der Waals surface area contributed by atoms with Crippen LogP contribution in [0.25, 0.3) is 0 Å². The highest BCUT2D eigenvalue weighted by Gasteiger charge is 2.34. The Morgan fingerprint density at radius 2 is 1.08 bits per heavy atom. The number of hydrogen-bond donors (Lipinski definition) is 2. The van der Waals surface area contributed by atoms with E-state index in [0.717, 1.165) is 11.1 Å². The Labute approximate surface area is 150 Å². The van der Waals surface area contributed by atoms with Crippen LogP contribution in [-0.2, 0) is 9.47 Å². The van der Waals surface area contributed by atoms with Gasteiger partial charge in [-0.2, -0.15) is 0 Å². The minimum atomic E-state index is -0.417. The van der Waals surface area contributed by atoms with Crippen molar-refractivity contribution in [3.63, 3.8) is 0 Å². The number of carbonyl (C=O) groups is 3. The zero-order chi connectivity index (χ0) is 18.7. The van der Waals surface area contributed by atoms with Crippen LogP contribution >= 0.6 is 0 Å². The minimum absolute atomic E-state index is 0.283. The Morgan fingerprint density at radius 1 is 0.731 bits per heavy atom. The summed E-state index contributed by atoms with van der Waals surface area (Å²) in [5.41, 5.74) is 2.57. The SMILES string of the molecule is COC(=O)c1ccc([C@H]2NC(=O)N[C@@H]2c2ccc(C(=O)OC)cc2)cc1. The molecule has 7 heteroatoms. The first kappa shape index (κ1) is 17.5. The van der Waals surface area contributed by atoms with Crippen LogP contribution in [0.5, 0.6) is 0 Å². The van der Waals surface area contributed by atoms with E-state index in [-0.39, 0.29) is 18.1 Å². The number of carbonyl (C=O) groups excluding carboxylic acids is 3. The number of nitrogens with one attached hydrogen (secondary N) is 2. The molecule has 0 aliphatic carbocycles. The van der Waals surface area contributed by atoms with E-state index in [2.05, 4.69) is 10.6 Å². The molecule has 1 aliphatic heterocycles. The molecule has 1 heterocycles. The van der Waals surface area contributed by atoms with Gasteiger partial charge >= 0.3 is 18.0 Å². The lowest BCUT2D eigenvalue weighted by atomic mass is 9.93. The molecule has 7 nitrogen and oxygen atoms in total. The molecular weight excluding hydrogens is 336 g/mol. The van der Waals surface area contributed by atoms with E-state index in [1.807, 2.05) is 0 Å². The molecule has 0 bridgehead atoms. The molecule has 2 N–H and O–H groups in total. The van der Waals surface area contributed by atoms with Gasteiger partial charge in [0.2, 0.25) is 0 Å². The van der Waals surface area contributed by atoms with E-state index in [0.29, 0.717) is 11.1 Å². The quantitative estimate of drug-likeness (QED) is 0.822.